The molecule has 0 bridgehead atoms. The summed E-state index contributed by atoms with van der Waals surface area (Å²) in [5.41, 5.74) is 5.35. The van der Waals surface area contributed by atoms with Crippen LogP contribution in [0, 0.1) is 22.7 Å². The largest absolute Gasteiger partial charge is 0.365 e. The van der Waals surface area contributed by atoms with Gasteiger partial charge in [-0.3, -0.25) is 9.36 Å². The molecule has 0 fully saturated rings. The van der Waals surface area contributed by atoms with Crippen LogP contribution in [-0.2, 0) is 0 Å². The average Bonchev–Trinajstić information content (AvgIpc) is 2.81. The molecule has 18 heavy (non-hydrogen) atoms. The van der Waals surface area contributed by atoms with Crippen LogP contribution in [0.15, 0.2) is 24.7 Å². The van der Waals surface area contributed by atoms with Crippen molar-refractivity contribution in [1.82, 2.24) is 14.5 Å². The van der Waals surface area contributed by atoms with Gasteiger partial charge in [0.1, 0.15) is 18.5 Å². The van der Waals surface area contributed by atoms with Crippen LogP contribution in [0.2, 0.25) is 0 Å². The van der Waals surface area contributed by atoms with E-state index in [1.807, 2.05) is 6.07 Å². The van der Waals surface area contributed by atoms with Crippen molar-refractivity contribution in [2.24, 2.45) is 5.73 Å². The van der Waals surface area contributed by atoms with Crippen LogP contribution in [0.1, 0.15) is 21.7 Å². The predicted molar refractivity (Wildman–Crippen MR) is 59.3 cm³/mol. The highest BCUT2D eigenvalue weighted by Gasteiger charge is 2.17. The number of hydrogen-bond acceptors (Lipinski definition) is 5. The zero-order valence-corrected chi connectivity index (χ0v) is 9.03. The predicted octanol–water partition coefficient (Wildman–Crippen LogP) is 0.110. The minimum Gasteiger partial charge on any atom is -0.365 e. The molecule has 0 saturated heterocycles. The van der Waals surface area contributed by atoms with Gasteiger partial charge >= 0.3 is 0 Å². The van der Waals surface area contributed by atoms with E-state index < -0.39 is 5.91 Å². The molecular weight excluding hydrogens is 232 g/mol. The minimum absolute atomic E-state index is 0.0127. The van der Waals surface area contributed by atoms with Crippen molar-refractivity contribution < 1.29 is 4.79 Å². The summed E-state index contributed by atoms with van der Waals surface area (Å²) in [6.07, 6.45) is 2.71. The van der Waals surface area contributed by atoms with E-state index in [0.29, 0.717) is 0 Å². The van der Waals surface area contributed by atoms with E-state index in [0.717, 1.165) is 0 Å². The van der Waals surface area contributed by atoms with Gasteiger partial charge in [-0.1, -0.05) is 0 Å². The summed E-state index contributed by atoms with van der Waals surface area (Å²) in [7, 11) is 0. The summed E-state index contributed by atoms with van der Waals surface area (Å²) in [5.74, 6) is -0.496. The zero-order valence-electron chi connectivity index (χ0n) is 9.03. The lowest BCUT2D eigenvalue weighted by Crippen LogP contribution is -2.16. The zero-order chi connectivity index (χ0) is 13.1. The molecule has 7 nitrogen and oxygen atoms in total. The molecule has 0 spiro atoms. The lowest BCUT2D eigenvalue weighted by molar-refractivity contribution is 0.1000. The van der Waals surface area contributed by atoms with Gasteiger partial charge < -0.3 is 5.73 Å². The lowest BCUT2D eigenvalue weighted by atomic mass is 10.2. The number of pyridine rings is 1. The molecule has 0 aliphatic rings. The maximum Gasteiger partial charge on any atom is 0.252 e. The number of nitrogens with zero attached hydrogens (tertiary/aromatic N) is 5. The van der Waals surface area contributed by atoms with Crippen LogP contribution in [0.25, 0.3) is 5.82 Å². The third-order valence-electron chi connectivity index (χ3n) is 2.26. The van der Waals surface area contributed by atoms with Crippen molar-refractivity contribution in [2.45, 2.75) is 0 Å². The molecule has 0 aliphatic heterocycles. The number of primary amides is 1. The number of aromatic nitrogens is 3. The molecule has 2 aromatic rings. The Hall–Kier alpha value is -3.19. The Bertz CT molecular complexity index is 703. The third-order valence-corrected chi connectivity index (χ3v) is 2.26. The summed E-state index contributed by atoms with van der Waals surface area (Å²) in [6, 6.07) is 6.67. The molecule has 2 rings (SSSR count). The molecule has 7 heteroatoms. The van der Waals surface area contributed by atoms with Crippen LogP contribution in [0.5, 0.6) is 0 Å². The second-order valence-corrected chi connectivity index (χ2v) is 3.27. The normalized spacial score (nSPS) is 9.44. The molecule has 0 radical (unpaired) electrons. The maximum absolute atomic E-state index is 11.3. The number of imidazole rings is 1. The summed E-state index contributed by atoms with van der Waals surface area (Å²) >= 11 is 0. The smallest absolute Gasteiger partial charge is 0.252 e. The fraction of sp³-hybridized carbons (Fsp3) is 0. The van der Waals surface area contributed by atoms with Crippen molar-refractivity contribution in [1.29, 1.82) is 10.5 Å². The highest BCUT2D eigenvalue weighted by Crippen LogP contribution is 2.15. The molecule has 2 heterocycles. The Morgan fingerprint density at radius 3 is 2.72 bits per heavy atom. The van der Waals surface area contributed by atoms with Gasteiger partial charge in [0.2, 0.25) is 0 Å². The number of amides is 1. The van der Waals surface area contributed by atoms with E-state index in [1.165, 1.54) is 23.2 Å². The van der Waals surface area contributed by atoms with Gasteiger partial charge in [-0.05, 0) is 12.1 Å². The van der Waals surface area contributed by atoms with Gasteiger partial charge in [0, 0.05) is 6.20 Å². The van der Waals surface area contributed by atoms with E-state index in [2.05, 4.69) is 9.97 Å². The molecule has 2 aromatic heterocycles. The number of nitrogens with two attached hydrogens (primary N) is 1. The van der Waals surface area contributed by atoms with Crippen molar-refractivity contribution in [3.8, 4) is 18.0 Å². The molecular formula is C11H6N6O. The Morgan fingerprint density at radius 2 is 2.11 bits per heavy atom. The number of rotatable bonds is 2. The second-order valence-electron chi connectivity index (χ2n) is 3.27. The second kappa shape index (κ2) is 4.36. The van der Waals surface area contributed by atoms with E-state index in [-0.39, 0.29) is 22.8 Å². The molecule has 0 atom stereocenters. The number of nitriles is 2. The Balaban J connectivity index is 2.72. The lowest BCUT2D eigenvalue weighted by Gasteiger charge is -2.06. The number of carbonyl (C=O) groups is 1. The van der Waals surface area contributed by atoms with Gasteiger partial charge in [-0.25, -0.2) is 9.97 Å². The maximum atomic E-state index is 11.3. The van der Waals surface area contributed by atoms with Gasteiger partial charge in [0.15, 0.2) is 17.2 Å². The van der Waals surface area contributed by atoms with E-state index in [9.17, 15) is 4.79 Å². The van der Waals surface area contributed by atoms with E-state index in [4.69, 9.17) is 16.3 Å². The van der Waals surface area contributed by atoms with Crippen LogP contribution in [0.3, 0.4) is 0 Å². The minimum atomic E-state index is -0.672. The van der Waals surface area contributed by atoms with Gasteiger partial charge in [-0.15, -0.1) is 0 Å². The van der Waals surface area contributed by atoms with Gasteiger partial charge in [-0.2, -0.15) is 10.5 Å². The SMILES string of the molecule is N#Cc1ncn(-c2ncccc2C(N)=O)c1C#N. The molecule has 86 valence electrons. The molecule has 1 amide bonds. The van der Waals surface area contributed by atoms with Crippen molar-refractivity contribution >= 4 is 5.91 Å². The first-order chi connectivity index (χ1) is 8.69. The fourth-order valence-corrected chi connectivity index (χ4v) is 1.48. The molecule has 2 N–H and O–H groups in total. The Kier molecular flexibility index (Phi) is 2.73. The number of hydrogen-bond donors (Lipinski definition) is 1. The molecule has 0 aliphatic carbocycles. The number of carbonyl (C=O) groups excluding carboxylic acids is 1. The highest BCUT2D eigenvalue weighted by atomic mass is 16.1. The summed E-state index contributed by atoms with van der Waals surface area (Å²) < 4.78 is 1.26. The van der Waals surface area contributed by atoms with E-state index >= 15 is 0 Å². The average molecular weight is 238 g/mol. The quantitative estimate of drug-likeness (QED) is 0.795. The topological polar surface area (TPSA) is 121 Å². The first-order valence-corrected chi connectivity index (χ1v) is 4.81. The third kappa shape index (κ3) is 1.66. The Labute approximate surface area is 102 Å². The summed E-state index contributed by atoms with van der Waals surface area (Å²) in [4.78, 5) is 19.0. The first-order valence-electron chi connectivity index (χ1n) is 4.81. The van der Waals surface area contributed by atoms with Crippen LogP contribution < -0.4 is 5.73 Å². The summed E-state index contributed by atoms with van der Waals surface area (Å²) in [5, 5.41) is 17.8. The van der Waals surface area contributed by atoms with Crippen molar-refractivity contribution in [3.05, 3.63) is 41.6 Å². The van der Waals surface area contributed by atoms with E-state index in [1.54, 1.807) is 12.1 Å². The van der Waals surface area contributed by atoms with Gasteiger partial charge in [0.05, 0.1) is 5.56 Å². The van der Waals surface area contributed by atoms with Crippen LogP contribution in [-0.4, -0.2) is 20.4 Å². The Morgan fingerprint density at radius 1 is 1.33 bits per heavy atom. The van der Waals surface area contributed by atoms with Crippen LogP contribution >= 0.6 is 0 Å². The van der Waals surface area contributed by atoms with Gasteiger partial charge in [0.25, 0.3) is 5.91 Å². The van der Waals surface area contributed by atoms with Crippen LogP contribution in [0.4, 0.5) is 0 Å². The van der Waals surface area contributed by atoms with Crippen molar-refractivity contribution in [2.75, 3.05) is 0 Å². The van der Waals surface area contributed by atoms with Crippen molar-refractivity contribution in [3.63, 3.8) is 0 Å². The monoisotopic (exact) mass is 238 g/mol. The summed E-state index contributed by atoms with van der Waals surface area (Å²) in [6.45, 7) is 0. The fourth-order valence-electron chi connectivity index (χ4n) is 1.48. The molecule has 0 saturated carbocycles. The standard InChI is InChI=1S/C11H6N6O/c12-4-8-9(5-13)17(6-16-8)11-7(10(14)18)2-1-3-15-11/h1-3,6H,(H2,14,18). The molecule has 0 unspecified atom stereocenters. The molecule has 0 aromatic carbocycles. The first kappa shape index (κ1) is 11.3. The highest BCUT2D eigenvalue weighted by molar-refractivity contribution is 5.95.